The van der Waals surface area contributed by atoms with E-state index in [-0.39, 0.29) is 22.4 Å². The molecule has 2 aromatic rings. The number of nitrogens with one attached hydrogen (secondary N) is 1. The fourth-order valence-corrected chi connectivity index (χ4v) is 1.26. The van der Waals surface area contributed by atoms with Crippen LogP contribution in [-0.2, 0) is 0 Å². The monoisotopic (exact) mass is 208 g/mol. The molecule has 0 atom stereocenters. The molecule has 0 spiro atoms. The van der Waals surface area contributed by atoms with Crippen LogP contribution in [0.1, 0.15) is 10.4 Å². The summed E-state index contributed by atoms with van der Waals surface area (Å²) in [5, 5.41) is 10.5. The Morgan fingerprint density at radius 3 is 2.80 bits per heavy atom. The van der Waals surface area contributed by atoms with Gasteiger partial charge in [-0.1, -0.05) is 0 Å². The summed E-state index contributed by atoms with van der Waals surface area (Å²) in [6.45, 7) is 0. The van der Waals surface area contributed by atoms with Gasteiger partial charge < -0.3 is 4.42 Å². The molecule has 0 unspecified atom stereocenters. The molecule has 2 rings (SSSR count). The lowest BCUT2D eigenvalue weighted by Gasteiger charge is -1.94. The highest BCUT2D eigenvalue weighted by Crippen LogP contribution is 2.22. The number of rotatable bonds is 2. The first-order chi connectivity index (χ1) is 7.11. The van der Waals surface area contributed by atoms with Crippen LogP contribution in [0.5, 0.6) is 0 Å². The van der Waals surface area contributed by atoms with E-state index in [1.807, 2.05) is 0 Å². The lowest BCUT2D eigenvalue weighted by atomic mass is 10.2. The van der Waals surface area contributed by atoms with Crippen molar-refractivity contribution < 1.29 is 14.1 Å². The maximum atomic E-state index is 10.8. The van der Waals surface area contributed by atoms with Crippen LogP contribution in [0.15, 0.2) is 21.3 Å². The van der Waals surface area contributed by atoms with E-state index in [1.165, 1.54) is 6.07 Å². The zero-order valence-electron chi connectivity index (χ0n) is 7.22. The average Bonchev–Trinajstić information content (AvgIpc) is 2.54. The third-order valence-electron chi connectivity index (χ3n) is 1.89. The summed E-state index contributed by atoms with van der Waals surface area (Å²) in [4.78, 5) is 33.5. The number of benzene rings is 1. The molecule has 7 heteroatoms. The number of oxazole rings is 1. The molecule has 1 aromatic carbocycles. The van der Waals surface area contributed by atoms with Gasteiger partial charge in [0.25, 0.3) is 5.69 Å². The van der Waals surface area contributed by atoms with Crippen molar-refractivity contribution in [3.8, 4) is 0 Å². The number of fused-ring (bicyclic) bond motifs is 1. The van der Waals surface area contributed by atoms with Gasteiger partial charge in [-0.15, -0.1) is 0 Å². The van der Waals surface area contributed by atoms with Crippen LogP contribution in [0.2, 0.25) is 0 Å². The van der Waals surface area contributed by atoms with Gasteiger partial charge in [0.05, 0.1) is 22.1 Å². The third-order valence-corrected chi connectivity index (χ3v) is 1.89. The van der Waals surface area contributed by atoms with Crippen LogP contribution in [0.4, 0.5) is 5.69 Å². The molecular weight excluding hydrogens is 204 g/mol. The Labute approximate surface area is 81.5 Å². The van der Waals surface area contributed by atoms with Gasteiger partial charge in [-0.05, 0) is 6.07 Å². The highest BCUT2D eigenvalue weighted by molar-refractivity contribution is 5.89. The average molecular weight is 208 g/mol. The van der Waals surface area contributed by atoms with E-state index in [4.69, 9.17) is 0 Å². The standard InChI is InChI=1S/C8H4N2O5/c11-3-4-1-5-7(15-8(12)9-5)2-6(4)10(13)14/h1-3H,(H,9,12). The second-order valence-electron chi connectivity index (χ2n) is 2.80. The van der Waals surface area contributed by atoms with Crippen molar-refractivity contribution in [1.82, 2.24) is 4.98 Å². The number of carbonyl (C=O) groups is 1. The van der Waals surface area contributed by atoms with Crippen molar-refractivity contribution in [2.24, 2.45) is 0 Å². The van der Waals surface area contributed by atoms with Crippen molar-refractivity contribution in [3.63, 3.8) is 0 Å². The number of H-pyrrole nitrogens is 1. The zero-order valence-corrected chi connectivity index (χ0v) is 7.22. The van der Waals surface area contributed by atoms with E-state index in [0.717, 1.165) is 6.07 Å². The molecule has 0 saturated carbocycles. The fraction of sp³-hybridized carbons (Fsp3) is 0. The molecule has 7 nitrogen and oxygen atoms in total. The van der Waals surface area contributed by atoms with E-state index in [2.05, 4.69) is 9.40 Å². The Morgan fingerprint density at radius 1 is 1.47 bits per heavy atom. The predicted octanol–water partition coefficient (Wildman–Crippen LogP) is 0.842. The van der Waals surface area contributed by atoms with Gasteiger partial charge >= 0.3 is 5.76 Å². The number of nitro benzene ring substituents is 1. The van der Waals surface area contributed by atoms with E-state index in [1.54, 1.807) is 0 Å². The minimum Gasteiger partial charge on any atom is -0.408 e. The number of aromatic amines is 1. The third kappa shape index (κ3) is 1.39. The number of hydrogen-bond donors (Lipinski definition) is 1. The van der Waals surface area contributed by atoms with Crippen molar-refractivity contribution >= 4 is 23.1 Å². The first-order valence-corrected chi connectivity index (χ1v) is 3.88. The number of aromatic nitrogens is 1. The normalized spacial score (nSPS) is 10.4. The Morgan fingerprint density at radius 2 is 2.20 bits per heavy atom. The lowest BCUT2D eigenvalue weighted by molar-refractivity contribution is -0.385. The summed E-state index contributed by atoms with van der Waals surface area (Å²) in [5.41, 5.74) is -0.185. The second-order valence-corrected chi connectivity index (χ2v) is 2.80. The Bertz CT molecular complexity index is 609. The van der Waals surface area contributed by atoms with Crippen molar-refractivity contribution in [2.45, 2.75) is 0 Å². The van der Waals surface area contributed by atoms with E-state index >= 15 is 0 Å². The summed E-state index contributed by atoms with van der Waals surface area (Å²) < 4.78 is 4.63. The molecule has 0 aliphatic rings. The lowest BCUT2D eigenvalue weighted by Crippen LogP contribution is -1.94. The number of carbonyl (C=O) groups excluding carboxylic acids is 1. The molecule has 15 heavy (non-hydrogen) atoms. The number of nitrogens with zero attached hydrogens (tertiary/aromatic N) is 1. The number of nitro groups is 1. The van der Waals surface area contributed by atoms with Crippen LogP contribution in [0.3, 0.4) is 0 Å². The summed E-state index contributed by atoms with van der Waals surface area (Å²) in [5.74, 6) is -0.720. The largest absolute Gasteiger partial charge is 0.417 e. The van der Waals surface area contributed by atoms with Gasteiger partial charge in [0, 0.05) is 0 Å². The maximum absolute atomic E-state index is 10.8. The highest BCUT2D eigenvalue weighted by Gasteiger charge is 2.16. The summed E-state index contributed by atoms with van der Waals surface area (Å²) in [7, 11) is 0. The molecule has 0 aliphatic carbocycles. The van der Waals surface area contributed by atoms with Gasteiger partial charge in [0.15, 0.2) is 11.9 Å². The molecule has 1 N–H and O–H groups in total. The first-order valence-electron chi connectivity index (χ1n) is 3.88. The fourth-order valence-electron chi connectivity index (χ4n) is 1.26. The van der Waals surface area contributed by atoms with Crippen molar-refractivity contribution in [2.75, 3.05) is 0 Å². The number of aldehydes is 1. The molecule has 0 amide bonds. The van der Waals surface area contributed by atoms with Crippen LogP contribution in [0.25, 0.3) is 11.1 Å². The smallest absolute Gasteiger partial charge is 0.408 e. The Balaban J connectivity index is 2.84. The van der Waals surface area contributed by atoms with Crippen LogP contribution < -0.4 is 5.76 Å². The van der Waals surface area contributed by atoms with E-state index < -0.39 is 10.7 Å². The molecule has 0 aliphatic heterocycles. The summed E-state index contributed by atoms with van der Waals surface area (Å²) in [6, 6.07) is 2.24. The number of hydrogen-bond acceptors (Lipinski definition) is 5. The Hall–Kier alpha value is -2.44. The summed E-state index contributed by atoms with van der Waals surface area (Å²) >= 11 is 0. The quantitative estimate of drug-likeness (QED) is 0.447. The predicted molar refractivity (Wildman–Crippen MR) is 48.9 cm³/mol. The maximum Gasteiger partial charge on any atom is 0.417 e. The van der Waals surface area contributed by atoms with Crippen LogP contribution in [0, 0.1) is 10.1 Å². The molecule has 0 radical (unpaired) electrons. The van der Waals surface area contributed by atoms with Crippen LogP contribution >= 0.6 is 0 Å². The second kappa shape index (κ2) is 3.05. The molecule has 76 valence electrons. The molecule has 1 aromatic heterocycles. The zero-order chi connectivity index (χ0) is 11.0. The van der Waals surface area contributed by atoms with Crippen LogP contribution in [-0.4, -0.2) is 16.2 Å². The SMILES string of the molecule is O=Cc1cc2[nH]c(=O)oc2cc1[N+](=O)[O-]. The van der Waals surface area contributed by atoms with Crippen molar-refractivity contribution in [1.29, 1.82) is 0 Å². The molecule has 0 fully saturated rings. The van der Waals surface area contributed by atoms with Gasteiger partial charge in [-0.3, -0.25) is 19.9 Å². The van der Waals surface area contributed by atoms with Gasteiger partial charge in [0.2, 0.25) is 0 Å². The minimum absolute atomic E-state index is 0.0531. The van der Waals surface area contributed by atoms with Gasteiger partial charge in [-0.2, -0.15) is 0 Å². The van der Waals surface area contributed by atoms with Crippen molar-refractivity contribution in [3.05, 3.63) is 38.4 Å². The first kappa shape index (κ1) is 9.13. The van der Waals surface area contributed by atoms with Gasteiger partial charge in [-0.25, -0.2) is 4.79 Å². The Kier molecular flexibility index (Phi) is 1.86. The topological polar surface area (TPSA) is 106 Å². The van der Waals surface area contributed by atoms with E-state index in [9.17, 15) is 19.7 Å². The minimum atomic E-state index is -0.720. The molecular formula is C8H4N2O5. The molecule has 0 bridgehead atoms. The molecule has 1 heterocycles. The van der Waals surface area contributed by atoms with Gasteiger partial charge in [0.1, 0.15) is 0 Å². The molecule has 0 saturated heterocycles. The highest BCUT2D eigenvalue weighted by atomic mass is 16.6. The van der Waals surface area contributed by atoms with E-state index in [0.29, 0.717) is 6.29 Å². The summed E-state index contributed by atoms with van der Waals surface area (Å²) in [6.07, 6.45) is 0.350.